The summed E-state index contributed by atoms with van der Waals surface area (Å²) in [6.45, 7) is 2.13. The quantitative estimate of drug-likeness (QED) is 0.204. The maximum atomic E-state index is 12.5. The third-order valence-electron chi connectivity index (χ3n) is 5.02. The van der Waals surface area contributed by atoms with Crippen LogP contribution in [-0.2, 0) is 6.42 Å². The molecule has 0 saturated carbocycles. The van der Waals surface area contributed by atoms with Crippen LogP contribution in [0.2, 0.25) is 5.02 Å². The number of hydrogen-bond donors (Lipinski definition) is 0. The summed E-state index contributed by atoms with van der Waals surface area (Å²) in [6.07, 6.45) is 4.57. The van der Waals surface area contributed by atoms with Gasteiger partial charge >= 0.3 is 11.9 Å². The lowest BCUT2D eigenvalue weighted by Crippen LogP contribution is -2.11. The Kier molecular flexibility index (Phi) is 8.78. The monoisotopic (exact) mass is 484 g/mol. The highest BCUT2D eigenvalue weighted by Crippen LogP contribution is 2.25. The van der Waals surface area contributed by atoms with E-state index in [1.54, 1.807) is 36.4 Å². The van der Waals surface area contributed by atoms with Gasteiger partial charge in [-0.15, -0.1) is 0 Å². The molecule has 3 aromatic carbocycles. The minimum atomic E-state index is -0.687. The lowest BCUT2D eigenvalue weighted by molar-refractivity contribution is 0.0730. The molecule has 174 valence electrons. The molecule has 0 bridgehead atoms. The molecule has 35 heavy (non-hydrogen) atoms. The van der Waals surface area contributed by atoms with Crippen LogP contribution in [0.25, 0.3) is 6.08 Å². The molecular formula is C28H21ClN2O4. The predicted octanol–water partition coefficient (Wildman–Crippen LogP) is 6.55. The summed E-state index contributed by atoms with van der Waals surface area (Å²) in [4.78, 5) is 25.0. The second-order valence-corrected chi connectivity index (χ2v) is 7.98. The number of ether oxygens (including phenoxy) is 2. The van der Waals surface area contributed by atoms with Gasteiger partial charge in [0.15, 0.2) is 0 Å². The standard InChI is InChI=1S/C28H21ClN2O4/c1-2-3-4-19-5-9-22(10-6-19)27(32)35-24-13-14-25(26(29)16-24)28(33)34-23-11-7-20(8-12-23)15-21(17-30)18-31/h5-16H,2-4H2,1H3. The van der Waals surface area contributed by atoms with Crippen LogP contribution < -0.4 is 9.47 Å². The number of unbranched alkanes of at least 4 members (excludes halogenated alkanes) is 1. The minimum absolute atomic E-state index is 0.0358. The van der Waals surface area contributed by atoms with E-state index in [0.717, 1.165) is 24.8 Å². The number of halogens is 1. The van der Waals surface area contributed by atoms with Gasteiger partial charge in [-0.2, -0.15) is 10.5 Å². The molecule has 6 nitrogen and oxygen atoms in total. The molecule has 0 aromatic heterocycles. The van der Waals surface area contributed by atoms with Gasteiger partial charge in [-0.3, -0.25) is 0 Å². The number of benzene rings is 3. The molecule has 0 aliphatic carbocycles. The topological polar surface area (TPSA) is 100 Å². The largest absolute Gasteiger partial charge is 0.423 e. The number of aryl methyl sites for hydroxylation is 1. The van der Waals surface area contributed by atoms with Gasteiger partial charge in [-0.05, 0) is 66.4 Å². The third-order valence-corrected chi connectivity index (χ3v) is 5.33. The molecule has 0 aliphatic heterocycles. The van der Waals surface area contributed by atoms with E-state index in [4.69, 9.17) is 31.6 Å². The van der Waals surface area contributed by atoms with E-state index in [0.29, 0.717) is 11.1 Å². The molecule has 0 heterocycles. The summed E-state index contributed by atoms with van der Waals surface area (Å²) in [5.41, 5.74) is 2.26. The van der Waals surface area contributed by atoms with E-state index in [1.807, 2.05) is 12.1 Å². The van der Waals surface area contributed by atoms with Crippen molar-refractivity contribution in [3.8, 4) is 23.6 Å². The third kappa shape index (κ3) is 7.04. The molecule has 0 unspecified atom stereocenters. The molecule has 7 heteroatoms. The number of allylic oxidation sites excluding steroid dienone is 1. The zero-order chi connectivity index (χ0) is 25.2. The van der Waals surface area contributed by atoms with Crippen molar-refractivity contribution in [1.82, 2.24) is 0 Å². The average Bonchev–Trinajstić information content (AvgIpc) is 2.87. The second kappa shape index (κ2) is 12.2. The summed E-state index contributed by atoms with van der Waals surface area (Å²) in [7, 11) is 0. The smallest absolute Gasteiger partial charge is 0.345 e. The summed E-state index contributed by atoms with van der Waals surface area (Å²) < 4.78 is 10.7. The van der Waals surface area contributed by atoms with Gasteiger partial charge in [-0.25, -0.2) is 9.59 Å². The first-order chi connectivity index (χ1) is 16.9. The highest BCUT2D eigenvalue weighted by molar-refractivity contribution is 6.33. The Bertz CT molecular complexity index is 1320. The Balaban J connectivity index is 1.64. The number of carbonyl (C=O) groups excluding carboxylic acids is 2. The Hall–Kier alpha value is -4.39. The molecule has 0 saturated heterocycles. The van der Waals surface area contributed by atoms with Crippen LogP contribution in [0.15, 0.2) is 72.3 Å². The Morgan fingerprint density at radius 2 is 1.51 bits per heavy atom. The van der Waals surface area contributed by atoms with Crippen molar-refractivity contribution in [2.45, 2.75) is 26.2 Å². The van der Waals surface area contributed by atoms with Gasteiger partial charge in [0.1, 0.15) is 29.2 Å². The van der Waals surface area contributed by atoms with Crippen LogP contribution >= 0.6 is 11.6 Å². The van der Waals surface area contributed by atoms with Gasteiger partial charge in [0.25, 0.3) is 0 Å². The number of rotatable bonds is 8. The normalized spacial score (nSPS) is 9.94. The van der Waals surface area contributed by atoms with E-state index < -0.39 is 11.9 Å². The fourth-order valence-electron chi connectivity index (χ4n) is 3.13. The number of esters is 2. The Labute approximate surface area is 208 Å². The van der Waals surface area contributed by atoms with E-state index in [2.05, 4.69) is 6.92 Å². The van der Waals surface area contributed by atoms with Crippen molar-refractivity contribution in [2.24, 2.45) is 0 Å². The van der Waals surface area contributed by atoms with Crippen molar-refractivity contribution < 1.29 is 19.1 Å². The van der Waals surface area contributed by atoms with Crippen LogP contribution in [0.4, 0.5) is 0 Å². The van der Waals surface area contributed by atoms with Gasteiger partial charge < -0.3 is 9.47 Å². The lowest BCUT2D eigenvalue weighted by Gasteiger charge is -2.09. The number of nitrogens with zero attached hydrogens (tertiary/aromatic N) is 2. The van der Waals surface area contributed by atoms with Crippen molar-refractivity contribution in [1.29, 1.82) is 10.5 Å². The van der Waals surface area contributed by atoms with E-state index in [-0.39, 0.29) is 27.7 Å². The molecule has 0 atom stereocenters. The van der Waals surface area contributed by atoms with Crippen molar-refractivity contribution in [3.63, 3.8) is 0 Å². The zero-order valence-corrected chi connectivity index (χ0v) is 19.7. The first-order valence-electron chi connectivity index (χ1n) is 10.9. The van der Waals surface area contributed by atoms with Gasteiger partial charge in [0.2, 0.25) is 0 Å². The molecule has 3 rings (SSSR count). The van der Waals surface area contributed by atoms with Crippen LogP contribution in [0.1, 0.15) is 51.6 Å². The maximum Gasteiger partial charge on any atom is 0.345 e. The van der Waals surface area contributed by atoms with Crippen molar-refractivity contribution in [2.75, 3.05) is 0 Å². The molecule has 0 spiro atoms. The molecule has 0 radical (unpaired) electrons. The fraction of sp³-hybridized carbons (Fsp3) is 0.143. The van der Waals surface area contributed by atoms with E-state index in [1.165, 1.54) is 36.4 Å². The van der Waals surface area contributed by atoms with Crippen molar-refractivity contribution >= 4 is 29.6 Å². The van der Waals surface area contributed by atoms with Gasteiger partial charge in [-0.1, -0.05) is 49.2 Å². The van der Waals surface area contributed by atoms with Gasteiger partial charge in [0, 0.05) is 6.07 Å². The van der Waals surface area contributed by atoms with Crippen LogP contribution in [0.5, 0.6) is 11.5 Å². The van der Waals surface area contributed by atoms with Gasteiger partial charge in [0.05, 0.1) is 16.1 Å². The molecular weight excluding hydrogens is 464 g/mol. The summed E-state index contributed by atoms with van der Waals surface area (Å²) in [5, 5.41) is 17.7. The zero-order valence-electron chi connectivity index (χ0n) is 19.0. The predicted molar refractivity (Wildman–Crippen MR) is 132 cm³/mol. The van der Waals surface area contributed by atoms with E-state index >= 15 is 0 Å². The first kappa shape index (κ1) is 25.2. The number of hydrogen-bond acceptors (Lipinski definition) is 6. The van der Waals surface area contributed by atoms with Crippen LogP contribution in [-0.4, -0.2) is 11.9 Å². The SMILES string of the molecule is CCCCc1ccc(C(=O)Oc2ccc(C(=O)Oc3ccc(C=C(C#N)C#N)cc3)c(Cl)c2)cc1. The Morgan fingerprint density at radius 1 is 0.886 bits per heavy atom. The summed E-state index contributed by atoms with van der Waals surface area (Å²) >= 11 is 6.24. The number of carbonyl (C=O) groups is 2. The van der Waals surface area contributed by atoms with E-state index in [9.17, 15) is 9.59 Å². The molecule has 3 aromatic rings. The lowest BCUT2D eigenvalue weighted by atomic mass is 10.1. The molecule has 0 aliphatic rings. The first-order valence-corrected chi connectivity index (χ1v) is 11.3. The second-order valence-electron chi connectivity index (χ2n) is 7.57. The highest BCUT2D eigenvalue weighted by atomic mass is 35.5. The van der Waals surface area contributed by atoms with Crippen LogP contribution in [0, 0.1) is 22.7 Å². The van der Waals surface area contributed by atoms with Crippen molar-refractivity contribution in [3.05, 3.63) is 99.6 Å². The molecule has 0 fully saturated rings. The summed E-state index contributed by atoms with van der Waals surface area (Å²) in [6, 6.07) is 21.4. The summed E-state index contributed by atoms with van der Waals surface area (Å²) in [5.74, 6) is -0.748. The molecule has 0 N–H and O–H groups in total. The maximum absolute atomic E-state index is 12.5. The van der Waals surface area contributed by atoms with Crippen LogP contribution in [0.3, 0.4) is 0 Å². The number of nitriles is 2. The highest BCUT2D eigenvalue weighted by Gasteiger charge is 2.16. The average molecular weight is 485 g/mol. The fourth-order valence-corrected chi connectivity index (χ4v) is 3.38. The minimum Gasteiger partial charge on any atom is -0.423 e. The Morgan fingerprint density at radius 3 is 2.11 bits per heavy atom. The molecule has 0 amide bonds.